The van der Waals surface area contributed by atoms with Gasteiger partial charge >= 0.3 is 5.97 Å². The van der Waals surface area contributed by atoms with Crippen molar-refractivity contribution in [1.29, 1.82) is 0 Å². The zero-order valence-electron chi connectivity index (χ0n) is 13.5. The van der Waals surface area contributed by atoms with E-state index in [1.165, 1.54) is 57.3 Å². The number of carboxylic acids is 1. The first-order valence-corrected chi connectivity index (χ1v) is 7.31. The summed E-state index contributed by atoms with van der Waals surface area (Å²) in [5.41, 5.74) is 6.06. The Balaban J connectivity index is 0. The second-order valence-corrected chi connectivity index (χ2v) is 5.10. The summed E-state index contributed by atoms with van der Waals surface area (Å²) >= 11 is 0. The average Bonchev–Trinajstić information content (AvgIpc) is 2.49. The number of hydrogen-bond acceptors (Lipinski definition) is 3. The van der Waals surface area contributed by atoms with E-state index in [4.69, 9.17) is 10.8 Å². The lowest BCUT2D eigenvalue weighted by Crippen LogP contribution is -2.25. The quantitative estimate of drug-likeness (QED) is 0.596. The van der Waals surface area contributed by atoms with Gasteiger partial charge in [-0.3, -0.25) is 4.79 Å². The molecule has 0 aliphatic heterocycles. The number of rotatable bonds is 5. The zero-order chi connectivity index (χ0) is 16.7. The van der Waals surface area contributed by atoms with E-state index in [0.717, 1.165) is 5.92 Å². The van der Waals surface area contributed by atoms with Crippen LogP contribution in [-0.2, 0) is 9.53 Å². The molecule has 0 aromatic carbocycles. The fourth-order valence-electron chi connectivity index (χ4n) is 1.85. The van der Waals surface area contributed by atoms with Crippen LogP contribution in [0.3, 0.4) is 0 Å². The van der Waals surface area contributed by atoms with Gasteiger partial charge in [-0.1, -0.05) is 63.5 Å². The van der Waals surface area contributed by atoms with Crippen molar-refractivity contribution in [3.8, 4) is 0 Å². The minimum absolute atomic E-state index is 0.731. The summed E-state index contributed by atoms with van der Waals surface area (Å²) in [6.45, 7) is 12.4. The molecule has 21 heavy (non-hydrogen) atoms. The van der Waals surface area contributed by atoms with Crippen LogP contribution in [0.5, 0.6) is 0 Å². The second-order valence-electron chi connectivity index (χ2n) is 5.10. The highest BCUT2D eigenvalue weighted by Gasteiger charge is 2.12. The van der Waals surface area contributed by atoms with Gasteiger partial charge in [0.2, 0.25) is 0 Å². The van der Waals surface area contributed by atoms with Crippen LogP contribution >= 0.6 is 0 Å². The molecule has 0 bridgehead atoms. The SMILES string of the molecule is C=CC(=C)CC1CCCCC1.C=COC.CC(N)C(=O)O. The predicted octanol–water partition coefficient (Wildman–Crippen LogP) is 3.89. The number of ether oxygens (including phenoxy) is 1. The number of carbonyl (C=O) groups is 1. The molecule has 1 saturated carbocycles. The molecule has 0 aromatic heterocycles. The molecule has 0 spiro atoms. The zero-order valence-corrected chi connectivity index (χ0v) is 13.5. The van der Waals surface area contributed by atoms with Crippen LogP contribution in [0.2, 0.25) is 0 Å². The molecule has 4 heteroatoms. The summed E-state index contributed by atoms with van der Waals surface area (Å²) in [4.78, 5) is 9.57. The van der Waals surface area contributed by atoms with Crippen molar-refractivity contribution >= 4 is 5.97 Å². The summed E-state index contributed by atoms with van der Waals surface area (Å²) in [7, 11) is 1.56. The number of allylic oxidation sites excluding steroid dienone is 2. The van der Waals surface area contributed by atoms with Crippen molar-refractivity contribution in [3.63, 3.8) is 0 Å². The first kappa shape index (κ1) is 21.7. The van der Waals surface area contributed by atoms with Crippen molar-refractivity contribution in [3.05, 3.63) is 37.6 Å². The Bertz CT molecular complexity index is 305. The van der Waals surface area contributed by atoms with Crippen LogP contribution in [-0.4, -0.2) is 24.2 Å². The maximum Gasteiger partial charge on any atom is 0.320 e. The topological polar surface area (TPSA) is 72.5 Å². The highest BCUT2D eigenvalue weighted by Crippen LogP contribution is 2.28. The van der Waals surface area contributed by atoms with Gasteiger partial charge in [0, 0.05) is 0 Å². The van der Waals surface area contributed by atoms with E-state index in [1.54, 1.807) is 7.11 Å². The molecule has 0 amide bonds. The molecular weight excluding hydrogens is 266 g/mol. The van der Waals surface area contributed by atoms with E-state index in [9.17, 15) is 4.79 Å². The smallest absolute Gasteiger partial charge is 0.320 e. The van der Waals surface area contributed by atoms with Crippen molar-refractivity contribution in [1.82, 2.24) is 0 Å². The summed E-state index contributed by atoms with van der Waals surface area (Å²) < 4.78 is 4.31. The van der Waals surface area contributed by atoms with Gasteiger partial charge in [-0.25, -0.2) is 0 Å². The third kappa shape index (κ3) is 16.4. The predicted molar refractivity (Wildman–Crippen MR) is 89.0 cm³/mol. The number of methoxy groups -OCH3 is 1. The Morgan fingerprint density at radius 2 is 1.81 bits per heavy atom. The van der Waals surface area contributed by atoms with Crippen molar-refractivity contribution < 1.29 is 14.6 Å². The average molecular weight is 297 g/mol. The summed E-state index contributed by atoms with van der Waals surface area (Å²) in [5.74, 6) is -0.0516. The molecule has 1 aliphatic carbocycles. The molecule has 0 radical (unpaired) electrons. The third-order valence-electron chi connectivity index (χ3n) is 3.12. The first-order valence-electron chi connectivity index (χ1n) is 7.31. The Morgan fingerprint density at radius 1 is 1.38 bits per heavy atom. The standard InChI is InChI=1S/C11H18.C3H7NO2.C3H6O/c1-3-10(2)9-11-7-5-4-6-8-11;1-2(4)3(5)6;1-3-4-2/h3,11H,1-2,4-9H2;2H,4H2,1H3,(H,5,6);3H,1H2,2H3. The molecule has 1 unspecified atom stereocenters. The monoisotopic (exact) mass is 297 g/mol. The lowest BCUT2D eigenvalue weighted by atomic mass is 9.85. The van der Waals surface area contributed by atoms with Crippen molar-refractivity contribution in [2.75, 3.05) is 7.11 Å². The Morgan fingerprint density at radius 3 is 2.10 bits per heavy atom. The van der Waals surface area contributed by atoms with E-state index in [-0.39, 0.29) is 0 Å². The van der Waals surface area contributed by atoms with Gasteiger partial charge in [0.25, 0.3) is 0 Å². The Kier molecular flexibility index (Phi) is 15.4. The highest BCUT2D eigenvalue weighted by molar-refractivity contribution is 5.72. The number of hydrogen-bond donors (Lipinski definition) is 2. The third-order valence-corrected chi connectivity index (χ3v) is 3.12. The number of nitrogens with two attached hydrogens (primary N) is 1. The second kappa shape index (κ2) is 14.9. The molecule has 1 fully saturated rings. The van der Waals surface area contributed by atoms with Crippen LogP contribution in [0, 0.1) is 5.92 Å². The van der Waals surface area contributed by atoms with E-state index < -0.39 is 12.0 Å². The molecule has 0 aromatic rings. The van der Waals surface area contributed by atoms with E-state index in [0.29, 0.717) is 0 Å². The summed E-state index contributed by atoms with van der Waals surface area (Å²) in [6.07, 6.45) is 11.6. The molecule has 1 atom stereocenters. The van der Waals surface area contributed by atoms with Crippen LogP contribution in [0.25, 0.3) is 0 Å². The number of aliphatic carboxylic acids is 1. The van der Waals surface area contributed by atoms with E-state index in [1.807, 2.05) is 6.08 Å². The first-order chi connectivity index (χ1) is 9.88. The maximum atomic E-state index is 9.57. The normalized spacial score (nSPS) is 15.2. The van der Waals surface area contributed by atoms with Gasteiger partial charge in [-0.05, 0) is 19.3 Å². The molecule has 1 aliphatic rings. The minimum Gasteiger partial charge on any atom is -0.505 e. The van der Waals surface area contributed by atoms with Gasteiger partial charge in [0.05, 0.1) is 13.4 Å². The lowest BCUT2D eigenvalue weighted by molar-refractivity contribution is -0.138. The van der Waals surface area contributed by atoms with Crippen molar-refractivity contribution in [2.45, 2.75) is 51.5 Å². The fraction of sp³-hybridized carbons (Fsp3) is 0.588. The van der Waals surface area contributed by atoms with Gasteiger partial charge < -0.3 is 15.6 Å². The van der Waals surface area contributed by atoms with E-state index in [2.05, 4.69) is 24.5 Å². The van der Waals surface area contributed by atoms with E-state index >= 15 is 0 Å². The van der Waals surface area contributed by atoms with Gasteiger partial charge in [-0.15, -0.1) is 0 Å². The molecular formula is C17H31NO3. The fourth-order valence-corrected chi connectivity index (χ4v) is 1.85. The minimum atomic E-state index is -0.963. The number of carboxylic acid groups (broad SMARTS) is 1. The molecule has 1 rings (SSSR count). The molecule has 0 saturated heterocycles. The van der Waals surface area contributed by atoms with Crippen LogP contribution in [0.4, 0.5) is 0 Å². The largest absolute Gasteiger partial charge is 0.505 e. The van der Waals surface area contributed by atoms with Crippen LogP contribution in [0.1, 0.15) is 45.4 Å². The Hall–Kier alpha value is -1.55. The molecule has 0 heterocycles. The van der Waals surface area contributed by atoms with Crippen LogP contribution < -0.4 is 5.73 Å². The summed E-state index contributed by atoms with van der Waals surface area (Å²) in [6, 6.07) is -0.731. The Labute approximate surface area is 129 Å². The highest BCUT2D eigenvalue weighted by atomic mass is 16.5. The van der Waals surface area contributed by atoms with Crippen molar-refractivity contribution in [2.24, 2.45) is 11.7 Å². The molecule has 4 nitrogen and oxygen atoms in total. The lowest BCUT2D eigenvalue weighted by Gasteiger charge is -2.21. The molecule has 3 N–H and O–H groups in total. The van der Waals surface area contributed by atoms with Gasteiger partial charge in [0.15, 0.2) is 0 Å². The van der Waals surface area contributed by atoms with Crippen LogP contribution in [0.15, 0.2) is 37.6 Å². The van der Waals surface area contributed by atoms with Gasteiger partial charge in [-0.2, -0.15) is 0 Å². The molecule has 122 valence electrons. The van der Waals surface area contributed by atoms with Gasteiger partial charge in [0.1, 0.15) is 6.04 Å². The summed E-state index contributed by atoms with van der Waals surface area (Å²) in [5, 5.41) is 7.87. The maximum absolute atomic E-state index is 9.57.